The molecule has 0 aliphatic carbocycles. The topological polar surface area (TPSA) is 50.7 Å². The molecule has 6 nitrogen and oxygen atoms in total. The van der Waals surface area contributed by atoms with Crippen molar-refractivity contribution in [3.05, 3.63) is 119 Å². The maximum Gasteiger partial charge on any atom is 0.416 e. The predicted octanol–water partition coefficient (Wildman–Crippen LogP) is 7.15. The van der Waals surface area contributed by atoms with Gasteiger partial charge in [-0.15, -0.1) is 0 Å². The van der Waals surface area contributed by atoms with E-state index in [1.54, 1.807) is 23.5 Å². The van der Waals surface area contributed by atoms with E-state index in [1.165, 1.54) is 24.3 Å². The fourth-order valence-electron chi connectivity index (χ4n) is 4.51. The summed E-state index contributed by atoms with van der Waals surface area (Å²) in [5, 5.41) is 1.70. The summed E-state index contributed by atoms with van der Waals surface area (Å²) in [6.07, 6.45) is -6.72. The molecule has 42 heavy (non-hydrogen) atoms. The van der Waals surface area contributed by atoms with Crippen LogP contribution in [0.2, 0.25) is 0 Å². The number of hydroxylamine groups is 2. The highest BCUT2D eigenvalue weighted by Gasteiger charge is 2.32. The van der Waals surface area contributed by atoms with Crippen LogP contribution in [-0.4, -0.2) is 46.1 Å². The molecule has 0 atom stereocenters. The smallest absolute Gasteiger partial charge is 0.416 e. The number of hydrogen-bond acceptors (Lipinski definition) is 6. The van der Waals surface area contributed by atoms with Gasteiger partial charge in [0.1, 0.15) is 11.9 Å². The highest BCUT2D eigenvalue weighted by atomic mass is 19.4. The summed E-state index contributed by atoms with van der Waals surface area (Å²) in [5.74, 6) is 0.612. The summed E-state index contributed by atoms with van der Waals surface area (Å²) in [4.78, 5) is 16.5. The Hall–Kier alpha value is -4.00. The molecule has 0 spiro atoms. The zero-order valence-corrected chi connectivity index (χ0v) is 22.1. The van der Waals surface area contributed by atoms with Gasteiger partial charge in [-0.3, -0.25) is 9.74 Å². The van der Waals surface area contributed by atoms with Crippen LogP contribution < -0.4 is 4.74 Å². The number of ether oxygens (including phenoxy) is 1. The maximum atomic E-state index is 13.1. The van der Waals surface area contributed by atoms with E-state index in [0.29, 0.717) is 49.6 Å². The third-order valence-corrected chi connectivity index (χ3v) is 6.75. The Morgan fingerprint density at radius 1 is 0.667 bits per heavy atom. The minimum Gasteiger partial charge on any atom is -0.424 e. The SMILES string of the molecule is FC(F)(F)c1ccc(C(ON2CCN(Cc3ccc(Oc4ncccn4)cc3)CC2)c2ccc(C(F)(F)F)cc2)cc1. The van der Waals surface area contributed by atoms with Gasteiger partial charge < -0.3 is 4.74 Å². The fourth-order valence-corrected chi connectivity index (χ4v) is 4.51. The van der Waals surface area contributed by atoms with Crippen molar-refractivity contribution < 1.29 is 35.9 Å². The molecule has 0 amide bonds. The Labute approximate surface area is 238 Å². The van der Waals surface area contributed by atoms with Crippen molar-refractivity contribution in [2.75, 3.05) is 26.2 Å². The Balaban J connectivity index is 1.22. The lowest BCUT2D eigenvalue weighted by Crippen LogP contribution is -2.46. The molecule has 0 saturated carbocycles. The van der Waals surface area contributed by atoms with Crippen LogP contribution in [0.1, 0.15) is 33.9 Å². The second kappa shape index (κ2) is 12.5. The average molecular weight is 589 g/mol. The molecule has 0 N–H and O–H groups in total. The fraction of sp³-hybridized carbons (Fsp3) is 0.267. The molecule has 12 heteroatoms. The summed E-state index contributed by atoms with van der Waals surface area (Å²) in [7, 11) is 0. The molecule has 5 rings (SSSR count). The van der Waals surface area contributed by atoms with Crippen LogP contribution >= 0.6 is 0 Å². The van der Waals surface area contributed by atoms with Crippen LogP contribution in [0, 0.1) is 0 Å². The van der Waals surface area contributed by atoms with Crippen molar-refractivity contribution >= 4 is 0 Å². The van der Waals surface area contributed by atoms with Gasteiger partial charge in [-0.2, -0.15) is 31.4 Å². The third-order valence-electron chi connectivity index (χ3n) is 6.75. The van der Waals surface area contributed by atoms with E-state index in [4.69, 9.17) is 9.57 Å². The maximum absolute atomic E-state index is 13.1. The Kier molecular flexibility index (Phi) is 8.76. The summed E-state index contributed by atoms with van der Waals surface area (Å²) in [6, 6.07) is 18.5. The largest absolute Gasteiger partial charge is 0.424 e. The van der Waals surface area contributed by atoms with Crippen molar-refractivity contribution in [1.29, 1.82) is 0 Å². The zero-order valence-electron chi connectivity index (χ0n) is 22.1. The molecule has 1 aliphatic heterocycles. The van der Waals surface area contributed by atoms with Crippen molar-refractivity contribution in [3.8, 4) is 11.8 Å². The molecular weight excluding hydrogens is 562 g/mol. The van der Waals surface area contributed by atoms with E-state index < -0.39 is 29.6 Å². The van der Waals surface area contributed by atoms with Crippen LogP contribution in [0.15, 0.2) is 91.3 Å². The molecule has 0 unspecified atom stereocenters. The molecule has 0 radical (unpaired) electrons. The van der Waals surface area contributed by atoms with Crippen LogP contribution in [-0.2, 0) is 23.7 Å². The van der Waals surface area contributed by atoms with Crippen LogP contribution in [0.3, 0.4) is 0 Å². The lowest BCUT2D eigenvalue weighted by atomic mass is 9.99. The molecule has 1 saturated heterocycles. The van der Waals surface area contributed by atoms with Gasteiger partial charge in [0.25, 0.3) is 0 Å². The number of piperazine rings is 1. The minimum absolute atomic E-state index is 0.257. The summed E-state index contributed by atoms with van der Waals surface area (Å²) < 4.78 is 84.3. The van der Waals surface area contributed by atoms with Gasteiger partial charge >= 0.3 is 18.4 Å². The van der Waals surface area contributed by atoms with Crippen molar-refractivity contribution in [3.63, 3.8) is 0 Å². The molecule has 2 heterocycles. The zero-order chi connectivity index (χ0) is 29.7. The highest BCUT2D eigenvalue weighted by Crippen LogP contribution is 2.35. The van der Waals surface area contributed by atoms with Gasteiger partial charge in [0.15, 0.2) is 0 Å². The number of hydrogen-bond donors (Lipinski definition) is 0. The second-order valence-electron chi connectivity index (χ2n) is 9.71. The first-order chi connectivity index (χ1) is 20.0. The summed E-state index contributed by atoms with van der Waals surface area (Å²) in [5.41, 5.74) is 0.220. The molecule has 1 aliphatic rings. The number of nitrogens with zero attached hydrogens (tertiary/aromatic N) is 4. The lowest BCUT2D eigenvalue weighted by molar-refractivity contribution is -0.204. The van der Waals surface area contributed by atoms with E-state index in [9.17, 15) is 26.3 Å². The van der Waals surface area contributed by atoms with Gasteiger partial charge in [0.2, 0.25) is 0 Å². The van der Waals surface area contributed by atoms with E-state index in [2.05, 4.69) is 14.9 Å². The van der Waals surface area contributed by atoms with Crippen LogP contribution in [0.25, 0.3) is 0 Å². The van der Waals surface area contributed by atoms with Crippen molar-refractivity contribution in [2.24, 2.45) is 0 Å². The number of alkyl halides is 6. The molecule has 0 bridgehead atoms. The number of rotatable bonds is 8. The lowest BCUT2D eigenvalue weighted by Gasteiger charge is -2.36. The first-order valence-electron chi connectivity index (χ1n) is 13.1. The molecule has 4 aromatic rings. The standard InChI is InChI=1S/C30H26F6N4O2/c31-29(32,33)24-8-4-22(5-9-24)27(23-6-10-25(11-7-23)30(34,35)36)42-40-18-16-39(17-19-40)20-21-2-12-26(13-3-21)41-28-37-14-1-15-38-28/h1-15,27H,16-20H2. The monoisotopic (exact) mass is 588 g/mol. The van der Waals surface area contributed by atoms with E-state index in [0.717, 1.165) is 29.8 Å². The second-order valence-corrected chi connectivity index (χ2v) is 9.71. The van der Waals surface area contributed by atoms with E-state index in [-0.39, 0.29) is 6.01 Å². The van der Waals surface area contributed by atoms with Crippen molar-refractivity contribution in [2.45, 2.75) is 25.0 Å². The predicted molar refractivity (Wildman–Crippen MR) is 141 cm³/mol. The Morgan fingerprint density at radius 3 is 1.64 bits per heavy atom. The average Bonchev–Trinajstić information content (AvgIpc) is 2.98. The molecule has 1 aromatic heterocycles. The molecular formula is C30H26F6N4O2. The first kappa shape index (κ1) is 29.5. The van der Waals surface area contributed by atoms with Gasteiger partial charge in [0.05, 0.1) is 11.1 Å². The van der Waals surface area contributed by atoms with Gasteiger partial charge in [-0.25, -0.2) is 9.97 Å². The molecule has 3 aromatic carbocycles. The minimum atomic E-state index is -4.51. The van der Waals surface area contributed by atoms with Crippen LogP contribution in [0.5, 0.6) is 11.8 Å². The quantitative estimate of drug-likeness (QED) is 0.204. The number of benzene rings is 3. The number of halogens is 6. The molecule has 1 fully saturated rings. The van der Waals surface area contributed by atoms with Crippen LogP contribution in [0.4, 0.5) is 26.3 Å². The van der Waals surface area contributed by atoms with Gasteiger partial charge in [0, 0.05) is 45.1 Å². The van der Waals surface area contributed by atoms with E-state index >= 15 is 0 Å². The normalized spacial score (nSPS) is 15.2. The molecule has 220 valence electrons. The van der Waals surface area contributed by atoms with Gasteiger partial charge in [-0.05, 0) is 59.2 Å². The van der Waals surface area contributed by atoms with Crippen molar-refractivity contribution in [1.82, 2.24) is 19.9 Å². The number of aromatic nitrogens is 2. The van der Waals surface area contributed by atoms with E-state index in [1.807, 2.05) is 24.3 Å². The summed E-state index contributed by atoms with van der Waals surface area (Å²) >= 11 is 0. The Bertz CT molecular complexity index is 1370. The first-order valence-corrected chi connectivity index (χ1v) is 13.1. The third kappa shape index (κ3) is 7.64. The summed E-state index contributed by atoms with van der Waals surface area (Å²) in [6.45, 7) is 2.94. The Morgan fingerprint density at radius 2 is 1.17 bits per heavy atom. The highest BCUT2D eigenvalue weighted by molar-refractivity contribution is 5.35. The van der Waals surface area contributed by atoms with Gasteiger partial charge in [-0.1, -0.05) is 36.4 Å².